The number of hydrogen-bond donors (Lipinski definition) is 1. The maximum atomic E-state index is 4.37. The van der Waals surface area contributed by atoms with Gasteiger partial charge in [0.25, 0.3) is 0 Å². The number of allylic oxidation sites excluding steroid dienone is 3. The summed E-state index contributed by atoms with van der Waals surface area (Å²) in [6.07, 6.45) is 6.02. The molecule has 0 spiro atoms. The highest BCUT2D eigenvalue weighted by Crippen LogP contribution is 2.27. The second-order valence-corrected chi connectivity index (χ2v) is 5.72. The molecule has 2 rings (SSSR count). The Morgan fingerprint density at radius 2 is 2.04 bits per heavy atom. The Hall–Kier alpha value is -2.29. The first-order valence-electron chi connectivity index (χ1n) is 8.29. The Kier molecular flexibility index (Phi) is 5.80. The van der Waals surface area contributed by atoms with Crippen LogP contribution in [0.5, 0.6) is 0 Å². The van der Waals surface area contributed by atoms with Crippen molar-refractivity contribution in [3.63, 3.8) is 0 Å². The van der Waals surface area contributed by atoms with E-state index in [-0.39, 0.29) is 0 Å². The highest BCUT2D eigenvalue weighted by Gasteiger charge is 2.10. The van der Waals surface area contributed by atoms with Gasteiger partial charge in [-0.3, -0.25) is 0 Å². The first-order valence-corrected chi connectivity index (χ1v) is 8.29. The molecule has 1 N–H and O–H groups in total. The molecule has 3 nitrogen and oxygen atoms in total. The van der Waals surface area contributed by atoms with Gasteiger partial charge < -0.3 is 10.2 Å². The van der Waals surface area contributed by atoms with Gasteiger partial charge in [-0.1, -0.05) is 38.6 Å². The zero-order valence-electron chi connectivity index (χ0n) is 14.7. The van der Waals surface area contributed by atoms with Crippen LogP contribution in [0.1, 0.15) is 32.3 Å². The van der Waals surface area contributed by atoms with Crippen molar-refractivity contribution < 1.29 is 0 Å². The molecular weight excluding hydrogens is 282 g/mol. The number of pyridine rings is 1. The third kappa shape index (κ3) is 3.73. The van der Waals surface area contributed by atoms with Crippen molar-refractivity contribution in [3.8, 4) is 0 Å². The van der Waals surface area contributed by atoms with E-state index in [9.17, 15) is 0 Å². The standard InChI is InChI=1S/C20H27N3/c1-6-11-23(5)19(8-3)18(7-2)15-9-10-16-14-22-20(21-4)13-17(16)12-15/h7,9-10,12-14H,2,6,8,11H2,1,3-5H3,(H,21,22)/b19-18+. The quantitative estimate of drug-likeness (QED) is 0.735. The lowest BCUT2D eigenvalue weighted by molar-refractivity contribution is 0.407. The number of hydrogen-bond acceptors (Lipinski definition) is 3. The molecule has 0 fully saturated rings. The predicted octanol–water partition coefficient (Wildman–Crippen LogP) is 4.93. The van der Waals surface area contributed by atoms with Gasteiger partial charge in [0.1, 0.15) is 5.82 Å². The zero-order valence-corrected chi connectivity index (χ0v) is 14.7. The van der Waals surface area contributed by atoms with Gasteiger partial charge in [0.2, 0.25) is 0 Å². The number of benzene rings is 1. The Balaban J connectivity index is 2.55. The molecule has 0 aliphatic rings. The van der Waals surface area contributed by atoms with Gasteiger partial charge in [0.05, 0.1) is 0 Å². The summed E-state index contributed by atoms with van der Waals surface area (Å²) in [5.74, 6) is 0.887. The third-order valence-electron chi connectivity index (χ3n) is 4.16. The lowest BCUT2D eigenvalue weighted by Crippen LogP contribution is -2.19. The highest BCUT2D eigenvalue weighted by molar-refractivity contribution is 5.89. The van der Waals surface area contributed by atoms with Crippen molar-refractivity contribution in [3.05, 3.63) is 54.4 Å². The normalized spacial score (nSPS) is 12.0. The van der Waals surface area contributed by atoms with Gasteiger partial charge in [-0.05, 0) is 35.9 Å². The minimum Gasteiger partial charge on any atom is -0.377 e. The van der Waals surface area contributed by atoms with E-state index in [4.69, 9.17) is 0 Å². The first-order chi connectivity index (χ1) is 11.1. The van der Waals surface area contributed by atoms with Gasteiger partial charge in [-0.25, -0.2) is 4.98 Å². The molecule has 1 heterocycles. The number of aromatic nitrogens is 1. The molecule has 1 aromatic carbocycles. The van der Waals surface area contributed by atoms with E-state index >= 15 is 0 Å². The summed E-state index contributed by atoms with van der Waals surface area (Å²) in [5.41, 5.74) is 3.76. The Morgan fingerprint density at radius 1 is 1.26 bits per heavy atom. The fraction of sp³-hybridized carbons (Fsp3) is 0.350. The van der Waals surface area contributed by atoms with Gasteiger partial charge >= 0.3 is 0 Å². The molecule has 0 radical (unpaired) electrons. The number of fused-ring (bicyclic) bond motifs is 1. The van der Waals surface area contributed by atoms with Crippen LogP contribution in [0.3, 0.4) is 0 Å². The maximum Gasteiger partial charge on any atom is 0.126 e. The van der Waals surface area contributed by atoms with Crippen molar-refractivity contribution >= 4 is 22.2 Å². The number of rotatable bonds is 7. The van der Waals surface area contributed by atoms with Crippen molar-refractivity contribution in [2.24, 2.45) is 0 Å². The van der Waals surface area contributed by atoms with Crippen LogP contribution in [0.4, 0.5) is 5.82 Å². The van der Waals surface area contributed by atoms with Crippen LogP contribution in [0.15, 0.2) is 48.8 Å². The van der Waals surface area contributed by atoms with E-state index in [1.807, 2.05) is 19.3 Å². The zero-order chi connectivity index (χ0) is 16.8. The number of anilines is 1. The number of nitrogens with zero attached hydrogens (tertiary/aromatic N) is 2. The second kappa shape index (κ2) is 7.82. The fourth-order valence-corrected chi connectivity index (χ4v) is 2.98. The van der Waals surface area contributed by atoms with Crippen LogP contribution in [0.25, 0.3) is 16.3 Å². The molecule has 0 aliphatic heterocycles. The Labute approximate surface area is 139 Å². The van der Waals surface area contributed by atoms with E-state index in [1.54, 1.807) is 0 Å². The molecule has 0 bridgehead atoms. The molecule has 0 saturated heterocycles. The van der Waals surface area contributed by atoms with Crippen LogP contribution in [-0.4, -0.2) is 30.5 Å². The highest BCUT2D eigenvalue weighted by atomic mass is 15.1. The van der Waals surface area contributed by atoms with E-state index in [2.05, 4.69) is 66.9 Å². The van der Waals surface area contributed by atoms with Crippen molar-refractivity contribution in [1.29, 1.82) is 0 Å². The lowest BCUT2D eigenvalue weighted by atomic mass is 9.99. The minimum atomic E-state index is 0.887. The van der Waals surface area contributed by atoms with Gasteiger partial charge in [-0.15, -0.1) is 0 Å². The Morgan fingerprint density at radius 3 is 2.65 bits per heavy atom. The lowest BCUT2D eigenvalue weighted by Gasteiger charge is -2.24. The van der Waals surface area contributed by atoms with Gasteiger partial charge in [0.15, 0.2) is 0 Å². The molecule has 122 valence electrons. The molecule has 1 aromatic heterocycles. The Bertz CT molecular complexity index is 716. The molecule has 23 heavy (non-hydrogen) atoms. The number of nitrogens with one attached hydrogen (secondary N) is 1. The van der Waals surface area contributed by atoms with Crippen LogP contribution in [0, 0.1) is 0 Å². The second-order valence-electron chi connectivity index (χ2n) is 5.72. The largest absolute Gasteiger partial charge is 0.377 e. The fourth-order valence-electron chi connectivity index (χ4n) is 2.98. The van der Waals surface area contributed by atoms with Crippen molar-refractivity contribution in [2.45, 2.75) is 26.7 Å². The molecule has 0 atom stereocenters. The van der Waals surface area contributed by atoms with E-state index < -0.39 is 0 Å². The topological polar surface area (TPSA) is 28.2 Å². The van der Waals surface area contributed by atoms with E-state index in [0.29, 0.717) is 0 Å². The molecule has 0 saturated carbocycles. The first kappa shape index (κ1) is 17.1. The summed E-state index contributed by atoms with van der Waals surface area (Å²) < 4.78 is 0. The van der Waals surface area contributed by atoms with Gasteiger partial charge in [-0.2, -0.15) is 0 Å². The smallest absolute Gasteiger partial charge is 0.126 e. The summed E-state index contributed by atoms with van der Waals surface area (Å²) in [6, 6.07) is 8.61. The average Bonchev–Trinajstić information content (AvgIpc) is 2.58. The summed E-state index contributed by atoms with van der Waals surface area (Å²) in [4.78, 5) is 6.71. The molecule has 0 amide bonds. The molecular formula is C20H27N3. The predicted molar refractivity (Wildman–Crippen MR) is 102 cm³/mol. The van der Waals surface area contributed by atoms with Crippen LogP contribution >= 0.6 is 0 Å². The third-order valence-corrected chi connectivity index (χ3v) is 4.16. The van der Waals surface area contributed by atoms with E-state index in [0.717, 1.165) is 30.6 Å². The molecule has 0 unspecified atom stereocenters. The SMILES string of the molecule is C=C/C(=C(/CC)N(C)CCC)c1ccc2cnc(NC)cc2c1. The van der Waals surface area contributed by atoms with Crippen molar-refractivity contribution in [1.82, 2.24) is 9.88 Å². The molecule has 2 aromatic rings. The molecule has 3 heteroatoms. The maximum absolute atomic E-state index is 4.37. The van der Waals surface area contributed by atoms with Crippen LogP contribution in [0.2, 0.25) is 0 Å². The van der Waals surface area contributed by atoms with Gasteiger partial charge in [0, 0.05) is 43.5 Å². The minimum absolute atomic E-state index is 0.887. The monoisotopic (exact) mass is 309 g/mol. The summed E-state index contributed by atoms with van der Waals surface area (Å²) in [5, 5.41) is 5.44. The summed E-state index contributed by atoms with van der Waals surface area (Å²) in [6.45, 7) is 9.52. The van der Waals surface area contributed by atoms with Crippen LogP contribution < -0.4 is 5.32 Å². The molecule has 0 aliphatic carbocycles. The van der Waals surface area contributed by atoms with Crippen LogP contribution in [-0.2, 0) is 0 Å². The van der Waals surface area contributed by atoms with Crippen molar-refractivity contribution in [2.75, 3.05) is 26.0 Å². The van der Waals surface area contributed by atoms with E-state index in [1.165, 1.54) is 22.2 Å². The summed E-state index contributed by atoms with van der Waals surface area (Å²) >= 11 is 0. The average molecular weight is 309 g/mol. The summed E-state index contributed by atoms with van der Waals surface area (Å²) in [7, 11) is 4.05.